The fraction of sp³-hybridized carbons (Fsp3) is 0.0625. The van der Waals surface area contributed by atoms with Crippen LogP contribution in [0.3, 0.4) is 0 Å². The molecule has 0 unspecified atom stereocenters. The third-order valence-corrected chi connectivity index (χ3v) is 3.37. The van der Waals surface area contributed by atoms with Gasteiger partial charge in [0.1, 0.15) is 5.75 Å². The van der Waals surface area contributed by atoms with Gasteiger partial charge in [0, 0.05) is 10.4 Å². The molecule has 0 saturated carbocycles. The molecule has 0 radical (unpaired) electrons. The molecule has 0 aliphatic rings. The summed E-state index contributed by atoms with van der Waals surface area (Å²) in [4.78, 5) is 13.0. The van der Waals surface area contributed by atoms with E-state index in [2.05, 4.69) is 0 Å². The van der Waals surface area contributed by atoms with Crippen LogP contribution in [0.2, 0.25) is 0 Å². The van der Waals surface area contributed by atoms with Crippen LogP contribution in [-0.4, -0.2) is 12.9 Å². The molecule has 2 aromatic rings. The number of ether oxygens (including phenoxy) is 1. The smallest absolute Gasteiger partial charge is 0.185 e. The zero-order valence-corrected chi connectivity index (χ0v) is 11.4. The average Bonchev–Trinajstić information content (AvgIpc) is 2.96. The molecule has 1 aromatic heterocycles. The summed E-state index contributed by atoms with van der Waals surface area (Å²) in [6.07, 6.45) is 7.16. The van der Waals surface area contributed by atoms with Crippen molar-refractivity contribution in [1.29, 1.82) is 0 Å². The van der Waals surface area contributed by atoms with Gasteiger partial charge in [-0.1, -0.05) is 18.2 Å². The highest BCUT2D eigenvalue weighted by Crippen LogP contribution is 2.12. The maximum absolute atomic E-state index is 11.8. The lowest BCUT2D eigenvalue weighted by Gasteiger charge is -1.99. The molecule has 19 heavy (non-hydrogen) atoms. The van der Waals surface area contributed by atoms with Crippen molar-refractivity contribution in [2.75, 3.05) is 7.11 Å². The van der Waals surface area contributed by atoms with E-state index < -0.39 is 0 Å². The molecule has 0 bridgehead atoms. The van der Waals surface area contributed by atoms with Gasteiger partial charge in [0.05, 0.1) is 7.11 Å². The largest absolute Gasteiger partial charge is 0.497 e. The van der Waals surface area contributed by atoms with Gasteiger partial charge in [-0.05, 0) is 47.9 Å². The first-order valence-electron chi connectivity index (χ1n) is 5.86. The van der Waals surface area contributed by atoms with Crippen molar-refractivity contribution >= 4 is 23.2 Å². The zero-order valence-electron chi connectivity index (χ0n) is 10.6. The molecule has 2 rings (SSSR count). The van der Waals surface area contributed by atoms with Gasteiger partial charge in [0.2, 0.25) is 0 Å². The van der Waals surface area contributed by atoms with E-state index in [9.17, 15) is 4.79 Å². The Labute approximate surface area is 116 Å². The minimum absolute atomic E-state index is 0.0153. The molecule has 0 aliphatic heterocycles. The molecule has 96 valence electrons. The van der Waals surface area contributed by atoms with E-state index in [1.165, 1.54) is 4.88 Å². The van der Waals surface area contributed by atoms with Crippen molar-refractivity contribution in [3.63, 3.8) is 0 Å². The van der Waals surface area contributed by atoms with E-state index >= 15 is 0 Å². The van der Waals surface area contributed by atoms with Crippen molar-refractivity contribution in [2.24, 2.45) is 0 Å². The summed E-state index contributed by atoms with van der Waals surface area (Å²) in [5.74, 6) is 0.733. The van der Waals surface area contributed by atoms with Crippen molar-refractivity contribution in [2.45, 2.75) is 0 Å². The Morgan fingerprint density at radius 3 is 2.58 bits per heavy atom. The van der Waals surface area contributed by atoms with Crippen LogP contribution in [0, 0.1) is 0 Å². The Kier molecular flexibility index (Phi) is 4.70. The first-order chi connectivity index (χ1) is 9.29. The van der Waals surface area contributed by atoms with E-state index in [1.807, 2.05) is 29.7 Å². The number of hydrogen-bond acceptors (Lipinski definition) is 3. The van der Waals surface area contributed by atoms with Gasteiger partial charge in [-0.3, -0.25) is 4.79 Å². The third kappa shape index (κ3) is 3.93. The summed E-state index contributed by atoms with van der Waals surface area (Å²) in [6, 6.07) is 11.1. The molecule has 0 N–H and O–H groups in total. The molecule has 0 amide bonds. The topological polar surface area (TPSA) is 26.3 Å². The summed E-state index contributed by atoms with van der Waals surface area (Å²) in [5.41, 5.74) is 0.654. The number of thiophene rings is 1. The lowest BCUT2D eigenvalue weighted by molar-refractivity contribution is 0.104. The summed E-state index contributed by atoms with van der Waals surface area (Å²) in [6.45, 7) is 0. The predicted octanol–water partition coefficient (Wildman–Crippen LogP) is 4.21. The maximum atomic E-state index is 11.8. The number of ketones is 1. The van der Waals surface area contributed by atoms with Gasteiger partial charge < -0.3 is 4.74 Å². The van der Waals surface area contributed by atoms with Crippen LogP contribution in [-0.2, 0) is 0 Å². The summed E-state index contributed by atoms with van der Waals surface area (Å²) in [5, 5.41) is 2.02. The maximum Gasteiger partial charge on any atom is 0.185 e. The predicted molar refractivity (Wildman–Crippen MR) is 79.8 cm³/mol. The number of hydrogen-bond donors (Lipinski definition) is 0. The molecular formula is C16H14O2S. The van der Waals surface area contributed by atoms with E-state index in [4.69, 9.17) is 4.74 Å². The Morgan fingerprint density at radius 2 is 1.95 bits per heavy atom. The first-order valence-corrected chi connectivity index (χ1v) is 6.74. The number of carbonyl (C=O) groups is 1. The Morgan fingerprint density at radius 1 is 1.16 bits per heavy atom. The van der Waals surface area contributed by atoms with Gasteiger partial charge in [-0.25, -0.2) is 0 Å². The minimum Gasteiger partial charge on any atom is -0.497 e. The highest BCUT2D eigenvalue weighted by Gasteiger charge is 2.00. The normalized spacial score (nSPS) is 11.2. The lowest BCUT2D eigenvalue weighted by atomic mass is 10.1. The van der Waals surface area contributed by atoms with Crippen LogP contribution in [0.1, 0.15) is 15.2 Å². The monoisotopic (exact) mass is 270 g/mol. The van der Waals surface area contributed by atoms with Crippen LogP contribution in [0.15, 0.2) is 60.0 Å². The SMILES string of the molecule is COc1ccc(C(=O)/C=C/C=C/c2cccs2)cc1. The first kappa shape index (κ1) is 13.3. The second-order valence-electron chi connectivity index (χ2n) is 3.83. The highest BCUT2D eigenvalue weighted by atomic mass is 32.1. The standard InChI is InChI=1S/C16H14O2S/c1-18-14-10-8-13(9-11-14)16(17)7-3-2-5-15-6-4-12-19-15/h2-12H,1H3/b5-2+,7-3+. The molecule has 2 nitrogen and oxygen atoms in total. The molecule has 0 spiro atoms. The van der Waals surface area contributed by atoms with Crippen LogP contribution in [0.4, 0.5) is 0 Å². The van der Waals surface area contributed by atoms with Crippen molar-refractivity contribution < 1.29 is 9.53 Å². The van der Waals surface area contributed by atoms with Crippen LogP contribution >= 0.6 is 11.3 Å². The molecular weight excluding hydrogens is 256 g/mol. The van der Waals surface area contributed by atoms with Crippen LogP contribution < -0.4 is 4.74 Å². The number of carbonyl (C=O) groups excluding carboxylic acids is 1. The van der Waals surface area contributed by atoms with Gasteiger partial charge in [-0.2, -0.15) is 0 Å². The van der Waals surface area contributed by atoms with E-state index in [1.54, 1.807) is 54.9 Å². The van der Waals surface area contributed by atoms with E-state index in [0.717, 1.165) is 5.75 Å². The number of benzene rings is 1. The average molecular weight is 270 g/mol. The molecule has 0 saturated heterocycles. The molecule has 0 aliphatic carbocycles. The van der Waals surface area contributed by atoms with E-state index in [-0.39, 0.29) is 5.78 Å². The molecule has 1 heterocycles. The Balaban J connectivity index is 1.96. The van der Waals surface area contributed by atoms with Gasteiger partial charge in [0.15, 0.2) is 5.78 Å². The quantitative estimate of drug-likeness (QED) is 0.462. The number of allylic oxidation sites excluding steroid dienone is 3. The van der Waals surface area contributed by atoms with Crippen molar-refractivity contribution in [3.8, 4) is 5.75 Å². The fourth-order valence-electron chi connectivity index (χ4n) is 1.53. The summed E-state index contributed by atoms with van der Waals surface area (Å²) < 4.78 is 5.05. The van der Waals surface area contributed by atoms with Gasteiger partial charge >= 0.3 is 0 Å². The summed E-state index contributed by atoms with van der Waals surface area (Å²) in [7, 11) is 1.60. The lowest BCUT2D eigenvalue weighted by Crippen LogP contribution is -1.93. The van der Waals surface area contributed by atoms with Crippen molar-refractivity contribution in [1.82, 2.24) is 0 Å². The second-order valence-corrected chi connectivity index (χ2v) is 4.81. The number of rotatable bonds is 5. The highest BCUT2D eigenvalue weighted by molar-refractivity contribution is 7.10. The molecule has 0 atom stereocenters. The fourth-order valence-corrected chi connectivity index (χ4v) is 2.16. The zero-order chi connectivity index (χ0) is 13.5. The van der Waals surface area contributed by atoms with Gasteiger partial charge in [0.25, 0.3) is 0 Å². The van der Waals surface area contributed by atoms with Crippen LogP contribution in [0.25, 0.3) is 6.08 Å². The molecule has 0 fully saturated rings. The second kappa shape index (κ2) is 6.71. The Bertz CT molecular complexity index is 578. The summed E-state index contributed by atoms with van der Waals surface area (Å²) >= 11 is 1.66. The molecule has 1 aromatic carbocycles. The Hall–Kier alpha value is -2.13. The van der Waals surface area contributed by atoms with Gasteiger partial charge in [-0.15, -0.1) is 11.3 Å². The molecule has 3 heteroatoms. The third-order valence-electron chi connectivity index (χ3n) is 2.54. The van der Waals surface area contributed by atoms with Crippen LogP contribution in [0.5, 0.6) is 5.75 Å². The van der Waals surface area contributed by atoms with Crippen molar-refractivity contribution in [3.05, 3.63) is 70.4 Å². The van der Waals surface area contributed by atoms with E-state index in [0.29, 0.717) is 5.56 Å². The minimum atomic E-state index is -0.0153. The number of methoxy groups -OCH3 is 1.